The molecule has 34 heavy (non-hydrogen) atoms. The predicted octanol–water partition coefficient (Wildman–Crippen LogP) is 4.42. The van der Waals surface area contributed by atoms with E-state index >= 15 is 0 Å². The third-order valence-electron chi connectivity index (χ3n) is 7.61. The molecule has 1 aromatic carbocycles. The number of rotatable bonds is 6. The lowest BCUT2D eigenvalue weighted by Gasteiger charge is -2.58. The summed E-state index contributed by atoms with van der Waals surface area (Å²) in [6.07, 6.45) is 3.74. The number of methoxy groups -OCH3 is 1. The predicted molar refractivity (Wildman–Crippen MR) is 127 cm³/mol. The van der Waals surface area contributed by atoms with Gasteiger partial charge in [0.15, 0.2) is 0 Å². The van der Waals surface area contributed by atoms with Crippen LogP contribution in [0.15, 0.2) is 24.3 Å². The van der Waals surface area contributed by atoms with Gasteiger partial charge in [0.05, 0.1) is 13.7 Å². The minimum atomic E-state index is -0.899. The summed E-state index contributed by atoms with van der Waals surface area (Å²) in [5, 5.41) is 0. The Morgan fingerprint density at radius 2 is 1.76 bits per heavy atom. The van der Waals surface area contributed by atoms with Crippen LogP contribution in [0.3, 0.4) is 0 Å². The van der Waals surface area contributed by atoms with Crippen LogP contribution in [-0.2, 0) is 16.1 Å². The highest BCUT2D eigenvalue weighted by Crippen LogP contribution is 2.53. The number of imide groups is 1. The standard InChI is InChI=1S/C26H37N3O5/c1-24(2,3)34-23(32)27(5)25(4)16-26(17-25)21(30)28(14-19-10-12-20(33-6)13-11-19)22(31)29(26)15-18-8-7-9-18/h10-13,18H,7-9,14-17H2,1-6H3/t25-,26+. The molecule has 1 heterocycles. The number of benzene rings is 1. The van der Waals surface area contributed by atoms with Gasteiger partial charge < -0.3 is 19.3 Å². The van der Waals surface area contributed by atoms with E-state index in [1.54, 1.807) is 24.0 Å². The van der Waals surface area contributed by atoms with E-state index in [-0.39, 0.29) is 18.5 Å². The Balaban J connectivity index is 1.55. The van der Waals surface area contributed by atoms with Crippen LogP contribution in [-0.4, -0.2) is 70.1 Å². The maximum absolute atomic E-state index is 13.8. The maximum Gasteiger partial charge on any atom is 0.410 e. The quantitative estimate of drug-likeness (QED) is 0.574. The first-order valence-corrected chi connectivity index (χ1v) is 12.1. The van der Waals surface area contributed by atoms with E-state index in [0.717, 1.165) is 24.2 Å². The Bertz CT molecular complexity index is 958. The number of hydrogen-bond acceptors (Lipinski definition) is 5. The lowest BCUT2D eigenvalue weighted by molar-refractivity contribution is -0.148. The molecule has 0 unspecified atom stereocenters. The molecule has 1 aliphatic heterocycles. The number of carbonyl (C=O) groups is 3. The van der Waals surface area contributed by atoms with Crippen LogP contribution in [0.25, 0.3) is 0 Å². The van der Waals surface area contributed by atoms with Crippen LogP contribution < -0.4 is 4.74 Å². The molecule has 4 rings (SSSR count). The number of urea groups is 1. The molecule has 2 saturated carbocycles. The summed E-state index contributed by atoms with van der Waals surface area (Å²) in [5.74, 6) is 0.999. The second-order valence-corrected chi connectivity index (χ2v) is 11.4. The van der Waals surface area contributed by atoms with Gasteiger partial charge in [-0.15, -0.1) is 0 Å². The van der Waals surface area contributed by atoms with Gasteiger partial charge in [-0.2, -0.15) is 0 Å². The molecule has 2 aliphatic carbocycles. The molecule has 1 aromatic rings. The van der Waals surface area contributed by atoms with Crippen molar-refractivity contribution in [3.8, 4) is 5.75 Å². The Kier molecular flexibility index (Phi) is 6.07. The van der Waals surface area contributed by atoms with Crippen LogP contribution in [0.5, 0.6) is 5.75 Å². The molecule has 0 bridgehead atoms. The molecule has 186 valence electrons. The number of nitrogens with zero attached hydrogens (tertiary/aromatic N) is 3. The first-order valence-electron chi connectivity index (χ1n) is 12.1. The number of ether oxygens (including phenoxy) is 2. The molecule has 0 aromatic heterocycles. The molecule has 8 nitrogen and oxygen atoms in total. The van der Waals surface area contributed by atoms with E-state index in [2.05, 4.69) is 0 Å². The van der Waals surface area contributed by atoms with Crippen LogP contribution in [0, 0.1) is 5.92 Å². The molecule has 3 fully saturated rings. The van der Waals surface area contributed by atoms with Gasteiger partial charge in [-0.1, -0.05) is 18.6 Å². The molecular weight excluding hydrogens is 434 g/mol. The number of hydrogen-bond donors (Lipinski definition) is 0. The highest BCUT2D eigenvalue weighted by molar-refractivity contribution is 6.08. The number of amides is 4. The van der Waals surface area contributed by atoms with Crippen LogP contribution in [0.1, 0.15) is 65.4 Å². The second kappa shape index (κ2) is 8.47. The van der Waals surface area contributed by atoms with Crippen molar-refractivity contribution < 1.29 is 23.9 Å². The van der Waals surface area contributed by atoms with Crippen LogP contribution >= 0.6 is 0 Å². The molecule has 1 saturated heterocycles. The SMILES string of the molecule is COc1ccc(CN2C(=O)N(CC3CCC3)[C@]3(C[C@@](C)(N(C)C(=O)OC(C)(C)C)C3)C2=O)cc1. The van der Waals surface area contributed by atoms with Gasteiger partial charge in [-0.05, 0) is 64.2 Å². The molecular formula is C26H37N3O5. The summed E-state index contributed by atoms with van der Waals surface area (Å²) in [6.45, 7) is 8.28. The summed E-state index contributed by atoms with van der Waals surface area (Å²) in [4.78, 5) is 44.8. The van der Waals surface area contributed by atoms with Crippen molar-refractivity contribution in [2.24, 2.45) is 5.92 Å². The lowest BCUT2D eigenvalue weighted by atomic mass is 9.61. The van der Waals surface area contributed by atoms with E-state index < -0.39 is 22.8 Å². The molecule has 0 radical (unpaired) electrons. The maximum atomic E-state index is 13.8. The van der Waals surface area contributed by atoms with Gasteiger partial charge in [0.2, 0.25) is 0 Å². The lowest BCUT2D eigenvalue weighted by Crippen LogP contribution is -2.71. The van der Waals surface area contributed by atoms with Gasteiger partial charge in [0.1, 0.15) is 16.9 Å². The van der Waals surface area contributed by atoms with Gasteiger partial charge in [0.25, 0.3) is 5.91 Å². The average Bonchev–Trinajstić information content (AvgIpc) is 2.90. The fourth-order valence-electron chi connectivity index (χ4n) is 5.36. The van der Waals surface area contributed by atoms with Gasteiger partial charge in [-0.25, -0.2) is 9.59 Å². The van der Waals surface area contributed by atoms with Crippen molar-refractivity contribution in [3.05, 3.63) is 29.8 Å². The first-order chi connectivity index (χ1) is 15.9. The Hall–Kier alpha value is -2.77. The van der Waals surface area contributed by atoms with Crippen LogP contribution in [0.2, 0.25) is 0 Å². The first kappa shape index (κ1) is 24.4. The molecule has 4 amide bonds. The van der Waals surface area contributed by atoms with Crippen LogP contribution in [0.4, 0.5) is 9.59 Å². The monoisotopic (exact) mass is 471 g/mol. The largest absolute Gasteiger partial charge is 0.497 e. The molecule has 0 atom stereocenters. The van der Waals surface area contributed by atoms with E-state index in [1.807, 2.05) is 52.0 Å². The molecule has 0 N–H and O–H groups in total. The third-order valence-corrected chi connectivity index (χ3v) is 7.61. The summed E-state index contributed by atoms with van der Waals surface area (Å²) in [5.41, 5.74) is -1.19. The van der Waals surface area contributed by atoms with Crippen molar-refractivity contribution >= 4 is 18.0 Å². The van der Waals surface area contributed by atoms with E-state index in [9.17, 15) is 14.4 Å². The van der Waals surface area contributed by atoms with E-state index in [4.69, 9.17) is 9.47 Å². The summed E-state index contributed by atoms with van der Waals surface area (Å²) in [6, 6.07) is 7.19. The summed E-state index contributed by atoms with van der Waals surface area (Å²) >= 11 is 0. The highest BCUT2D eigenvalue weighted by atomic mass is 16.6. The average molecular weight is 472 g/mol. The van der Waals surface area contributed by atoms with Crippen molar-refractivity contribution in [1.29, 1.82) is 0 Å². The zero-order valence-corrected chi connectivity index (χ0v) is 21.2. The van der Waals surface area contributed by atoms with Gasteiger partial charge in [0, 0.05) is 32.0 Å². The highest BCUT2D eigenvalue weighted by Gasteiger charge is 2.69. The Labute approximate surface area is 202 Å². The van der Waals surface area contributed by atoms with Gasteiger partial charge in [-0.3, -0.25) is 9.69 Å². The summed E-state index contributed by atoms with van der Waals surface area (Å²) in [7, 11) is 3.32. The topological polar surface area (TPSA) is 79.4 Å². The zero-order valence-electron chi connectivity index (χ0n) is 21.2. The van der Waals surface area contributed by atoms with Crippen molar-refractivity contribution in [1.82, 2.24) is 14.7 Å². The number of carbonyl (C=O) groups excluding carboxylic acids is 3. The normalized spacial score (nSPS) is 27.0. The smallest absolute Gasteiger partial charge is 0.410 e. The van der Waals surface area contributed by atoms with E-state index in [0.29, 0.717) is 25.3 Å². The third kappa shape index (κ3) is 4.23. The van der Waals surface area contributed by atoms with Crippen molar-refractivity contribution in [2.75, 3.05) is 20.7 Å². The van der Waals surface area contributed by atoms with Gasteiger partial charge >= 0.3 is 12.1 Å². The fourth-order valence-corrected chi connectivity index (χ4v) is 5.36. The minimum absolute atomic E-state index is 0.164. The fraction of sp³-hybridized carbons (Fsp3) is 0.654. The van der Waals surface area contributed by atoms with Crippen molar-refractivity contribution in [2.45, 2.75) is 83.0 Å². The van der Waals surface area contributed by atoms with Crippen molar-refractivity contribution in [3.63, 3.8) is 0 Å². The zero-order chi connectivity index (χ0) is 24.9. The Morgan fingerprint density at radius 1 is 1.15 bits per heavy atom. The minimum Gasteiger partial charge on any atom is -0.497 e. The molecule has 1 spiro atoms. The Morgan fingerprint density at radius 3 is 2.26 bits per heavy atom. The molecule has 8 heteroatoms. The summed E-state index contributed by atoms with van der Waals surface area (Å²) < 4.78 is 10.8. The molecule has 3 aliphatic rings. The second-order valence-electron chi connectivity index (χ2n) is 11.4. The van der Waals surface area contributed by atoms with E-state index in [1.165, 1.54) is 11.3 Å².